The molecule has 0 spiro atoms. The summed E-state index contributed by atoms with van der Waals surface area (Å²) in [5.41, 5.74) is 1.33. The number of thiophene rings is 1. The number of nitrogens with zero attached hydrogens (tertiary/aromatic N) is 2. The smallest absolute Gasteiger partial charge is 0.191 e. The predicted octanol–water partition coefficient (Wildman–Crippen LogP) is 3.95. The highest BCUT2D eigenvalue weighted by Gasteiger charge is 2.22. The quantitative estimate of drug-likeness (QED) is 0.382. The average Bonchev–Trinajstić information content (AvgIpc) is 3.30. The molecule has 2 aromatic rings. The van der Waals surface area contributed by atoms with Crippen LogP contribution in [0.25, 0.3) is 0 Å². The number of nitrogens with one attached hydrogen (secondary N) is 2. The number of para-hydroxylation sites is 1. The van der Waals surface area contributed by atoms with Crippen LogP contribution in [0.15, 0.2) is 52.8 Å². The Bertz CT molecular complexity index is 630. The van der Waals surface area contributed by atoms with E-state index in [4.69, 9.17) is 0 Å². The van der Waals surface area contributed by atoms with Crippen LogP contribution in [0.5, 0.6) is 0 Å². The molecule has 3 rings (SSSR count). The summed E-state index contributed by atoms with van der Waals surface area (Å²) in [6, 6.07) is 14.9. The number of hydrogen-bond donors (Lipinski definition) is 2. The molecule has 25 heavy (non-hydrogen) atoms. The van der Waals surface area contributed by atoms with Gasteiger partial charge in [-0.1, -0.05) is 24.3 Å². The van der Waals surface area contributed by atoms with Gasteiger partial charge in [-0.05, 0) is 42.8 Å². The topological polar surface area (TPSA) is 39.7 Å². The lowest BCUT2D eigenvalue weighted by molar-refractivity contribution is 0.566. The van der Waals surface area contributed by atoms with Crippen LogP contribution < -0.4 is 15.5 Å². The Hall–Kier alpha value is -1.28. The first-order valence-corrected chi connectivity index (χ1v) is 9.57. The lowest BCUT2D eigenvalue weighted by Crippen LogP contribution is -2.40. The standard InChI is InChI=1S/C19H26N4S.HI/c1-2-20-19(22-14-18-9-6-12-24-18)21-13-16-10-11-23(15-16)17-7-4-3-5-8-17;/h3-9,12,16H,2,10-11,13-15H2,1H3,(H2,20,21,22);1H. The van der Waals surface area contributed by atoms with Gasteiger partial charge in [-0.15, -0.1) is 35.3 Å². The second-order valence-corrected chi connectivity index (χ2v) is 7.12. The molecule has 2 N–H and O–H groups in total. The molecule has 0 radical (unpaired) electrons. The molecule has 136 valence electrons. The van der Waals surface area contributed by atoms with Gasteiger partial charge in [-0.25, -0.2) is 4.99 Å². The molecular weight excluding hydrogens is 443 g/mol. The van der Waals surface area contributed by atoms with Crippen LogP contribution in [0.1, 0.15) is 18.2 Å². The first-order valence-electron chi connectivity index (χ1n) is 8.69. The molecule has 4 nitrogen and oxygen atoms in total. The molecule has 1 fully saturated rings. The number of rotatable bonds is 6. The highest BCUT2D eigenvalue weighted by Crippen LogP contribution is 2.22. The molecule has 1 aliphatic heterocycles. The molecule has 0 amide bonds. The lowest BCUT2D eigenvalue weighted by atomic mass is 10.1. The van der Waals surface area contributed by atoms with Crippen molar-refractivity contribution in [1.82, 2.24) is 10.6 Å². The van der Waals surface area contributed by atoms with E-state index in [9.17, 15) is 0 Å². The van der Waals surface area contributed by atoms with E-state index >= 15 is 0 Å². The van der Waals surface area contributed by atoms with Crippen LogP contribution in [0.4, 0.5) is 5.69 Å². The minimum atomic E-state index is 0. The Morgan fingerprint density at radius 2 is 2.04 bits per heavy atom. The van der Waals surface area contributed by atoms with Gasteiger partial charge in [0.25, 0.3) is 0 Å². The van der Waals surface area contributed by atoms with Gasteiger partial charge in [0.05, 0.1) is 6.54 Å². The van der Waals surface area contributed by atoms with E-state index in [1.54, 1.807) is 11.3 Å². The van der Waals surface area contributed by atoms with Gasteiger partial charge in [0, 0.05) is 36.7 Å². The summed E-state index contributed by atoms with van der Waals surface area (Å²) in [5.74, 6) is 1.58. The molecule has 0 bridgehead atoms. The van der Waals surface area contributed by atoms with Crippen molar-refractivity contribution in [3.05, 3.63) is 52.7 Å². The average molecular weight is 470 g/mol. The summed E-state index contributed by atoms with van der Waals surface area (Å²) >= 11 is 1.75. The van der Waals surface area contributed by atoms with Crippen LogP contribution >= 0.6 is 35.3 Å². The fourth-order valence-corrected chi connectivity index (χ4v) is 3.64. The first kappa shape index (κ1) is 20.0. The molecule has 1 atom stereocenters. The second-order valence-electron chi connectivity index (χ2n) is 6.09. The summed E-state index contributed by atoms with van der Waals surface area (Å²) in [6.45, 7) is 6.96. The van der Waals surface area contributed by atoms with Crippen LogP contribution in [0, 0.1) is 5.92 Å². The van der Waals surface area contributed by atoms with Crippen LogP contribution in [-0.2, 0) is 6.54 Å². The van der Waals surface area contributed by atoms with Gasteiger partial charge < -0.3 is 15.5 Å². The third kappa shape index (κ3) is 6.18. The molecule has 1 aliphatic rings. The molecular formula is C19H27IN4S. The third-order valence-electron chi connectivity index (χ3n) is 4.28. The third-order valence-corrected chi connectivity index (χ3v) is 5.14. The highest BCUT2D eigenvalue weighted by molar-refractivity contribution is 14.0. The Balaban J connectivity index is 0.00000225. The SMILES string of the molecule is CCNC(=NCc1cccs1)NCC1CCN(c2ccccc2)C1.I. The summed E-state index contributed by atoms with van der Waals surface area (Å²) in [4.78, 5) is 8.45. The van der Waals surface area contributed by atoms with Crippen molar-refractivity contribution in [2.75, 3.05) is 31.1 Å². The molecule has 2 heterocycles. The van der Waals surface area contributed by atoms with E-state index in [1.165, 1.54) is 17.0 Å². The summed E-state index contributed by atoms with van der Waals surface area (Å²) in [7, 11) is 0. The van der Waals surface area contributed by atoms with Crippen LogP contribution in [-0.4, -0.2) is 32.1 Å². The summed E-state index contributed by atoms with van der Waals surface area (Å²) in [5, 5.41) is 8.95. The summed E-state index contributed by atoms with van der Waals surface area (Å²) in [6.07, 6.45) is 1.23. The maximum atomic E-state index is 4.69. The van der Waals surface area contributed by atoms with Gasteiger partial charge in [-0.3, -0.25) is 0 Å². The fourth-order valence-electron chi connectivity index (χ4n) is 3.01. The summed E-state index contributed by atoms with van der Waals surface area (Å²) < 4.78 is 0. The first-order chi connectivity index (χ1) is 11.8. The monoisotopic (exact) mass is 470 g/mol. The van der Waals surface area contributed by atoms with Crippen molar-refractivity contribution < 1.29 is 0 Å². The normalized spacial score (nSPS) is 17.2. The molecule has 1 saturated heterocycles. The van der Waals surface area contributed by atoms with E-state index in [-0.39, 0.29) is 24.0 Å². The van der Waals surface area contributed by atoms with Crippen molar-refractivity contribution in [3.63, 3.8) is 0 Å². The Kier molecular flexibility index (Phi) is 8.54. The van der Waals surface area contributed by atoms with Crippen molar-refractivity contribution in [2.24, 2.45) is 10.9 Å². The molecule has 1 unspecified atom stereocenters. The second kappa shape index (κ2) is 10.7. The Labute approximate surface area is 171 Å². The Morgan fingerprint density at radius 3 is 2.76 bits per heavy atom. The van der Waals surface area contributed by atoms with Gasteiger partial charge in [0.15, 0.2) is 5.96 Å². The van der Waals surface area contributed by atoms with Crippen LogP contribution in [0.2, 0.25) is 0 Å². The van der Waals surface area contributed by atoms with Gasteiger partial charge in [-0.2, -0.15) is 0 Å². The number of aliphatic imine (C=N–C) groups is 1. The van der Waals surface area contributed by atoms with E-state index in [1.807, 2.05) is 0 Å². The van der Waals surface area contributed by atoms with Crippen molar-refractivity contribution in [3.8, 4) is 0 Å². The van der Waals surface area contributed by atoms with Gasteiger partial charge in [0.2, 0.25) is 0 Å². The minimum absolute atomic E-state index is 0. The maximum Gasteiger partial charge on any atom is 0.191 e. The molecule has 0 aliphatic carbocycles. The van der Waals surface area contributed by atoms with Crippen molar-refractivity contribution in [1.29, 1.82) is 0 Å². The highest BCUT2D eigenvalue weighted by atomic mass is 127. The van der Waals surface area contributed by atoms with E-state index < -0.39 is 0 Å². The maximum absolute atomic E-state index is 4.69. The molecule has 1 aromatic carbocycles. The van der Waals surface area contributed by atoms with Crippen molar-refractivity contribution in [2.45, 2.75) is 19.9 Å². The van der Waals surface area contributed by atoms with Crippen molar-refractivity contribution >= 4 is 47.0 Å². The Morgan fingerprint density at radius 1 is 1.20 bits per heavy atom. The van der Waals surface area contributed by atoms with E-state index in [0.29, 0.717) is 5.92 Å². The zero-order chi connectivity index (χ0) is 16.6. The van der Waals surface area contributed by atoms with Crippen LogP contribution in [0.3, 0.4) is 0 Å². The largest absolute Gasteiger partial charge is 0.371 e. The number of halogens is 1. The molecule has 6 heteroatoms. The zero-order valence-electron chi connectivity index (χ0n) is 14.6. The van der Waals surface area contributed by atoms with E-state index in [0.717, 1.165) is 38.7 Å². The predicted molar refractivity (Wildman–Crippen MR) is 119 cm³/mol. The fraction of sp³-hybridized carbons (Fsp3) is 0.421. The number of hydrogen-bond acceptors (Lipinski definition) is 3. The minimum Gasteiger partial charge on any atom is -0.371 e. The van der Waals surface area contributed by atoms with Gasteiger partial charge >= 0.3 is 0 Å². The number of benzene rings is 1. The van der Waals surface area contributed by atoms with Gasteiger partial charge in [0.1, 0.15) is 0 Å². The number of anilines is 1. The zero-order valence-corrected chi connectivity index (χ0v) is 17.8. The molecule has 1 aromatic heterocycles. The number of guanidine groups is 1. The lowest BCUT2D eigenvalue weighted by Gasteiger charge is -2.19. The molecule has 0 saturated carbocycles. The van der Waals surface area contributed by atoms with E-state index in [2.05, 4.69) is 75.3 Å².